The minimum Gasteiger partial charge on any atom is -0.444 e. The Morgan fingerprint density at radius 2 is 1.71 bits per heavy atom. The molecule has 5 heteroatoms. The van der Waals surface area contributed by atoms with Crippen LogP contribution in [0.4, 0.5) is 4.79 Å². The molecule has 1 aliphatic rings. The van der Waals surface area contributed by atoms with Crippen LogP contribution < -0.4 is 0 Å². The zero-order valence-corrected chi connectivity index (χ0v) is 14.6. The van der Waals surface area contributed by atoms with Gasteiger partial charge in [-0.25, -0.2) is 4.79 Å². The van der Waals surface area contributed by atoms with Crippen LogP contribution in [-0.4, -0.2) is 64.4 Å². The van der Waals surface area contributed by atoms with Crippen LogP contribution in [0.15, 0.2) is 0 Å². The van der Waals surface area contributed by atoms with Gasteiger partial charge in [-0.2, -0.15) is 0 Å². The lowest BCUT2D eigenvalue weighted by Gasteiger charge is -2.41. The Morgan fingerprint density at radius 3 is 2.19 bits per heavy atom. The van der Waals surface area contributed by atoms with Crippen molar-refractivity contribution in [1.29, 1.82) is 0 Å². The summed E-state index contributed by atoms with van der Waals surface area (Å²) in [5.74, 6) is 0.470. The fraction of sp³-hybridized carbons (Fsp3) is 0.938. The lowest BCUT2D eigenvalue weighted by Crippen LogP contribution is -2.51. The molecule has 1 amide bonds. The molecule has 0 saturated carbocycles. The molecule has 0 unspecified atom stereocenters. The van der Waals surface area contributed by atoms with Gasteiger partial charge in [0.25, 0.3) is 0 Å². The van der Waals surface area contributed by atoms with Crippen LogP contribution in [0.5, 0.6) is 0 Å². The Balaban J connectivity index is 2.75. The molecule has 5 nitrogen and oxygen atoms in total. The Bertz CT molecular complexity index is 361. The van der Waals surface area contributed by atoms with Gasteiger partial charge in [0.1, 0.15) is 5.60 Å². The molecular formula is C16H32N2O3. The zero-order chi connectivity index (χ0) is 16.4. The highest BCUT2D eigenvalue weighted by Crippen LogP contribution is 2.25. The molecule has 1 aliphatic heterocycles. The third-order valence-electron chi connectivity index (χ3n) is 4.38. The van der Waals surface area contributed by atoms with E-state index in [1.54, 1.807) is 4.90 Å². The van der Waals surface area contributed by atoms with Gasteiger partial charge in [-0.15, -0.1) is 0 Å². The third-order valence-corrected chi connectivity index (χ3v) is 4.38. The summed E-state index contributed by atoms with van der Waals surface area (Å²) < 4.78 is 5.41. The van der Waals surface area contributed by atoms with E-state index in [0.29, 0.717) is 25.6 Å². The summed E-state index contributed by atoms with van der Waals surface area (Å²) in [6.07, 6.45) is -0.885. The molecule has 1 atom stereocenters. The smallest absolute Gasteiger partial charge is 0.410 e. The monoisotopic (exact) mass is 300 g/mol. The van der Waals surface area contributed by atoms with Gasteiger partial charge in [0.2, 0.25) is 0 Å². The Hall–Kier alpha value is -0.810. The van der Waals surface area contributed by atoms with Crippen LogP contribution in [0.1, 0.15) is 48.5 Å². The number of hydrogen-bond acceptors (Lipinski definition) is 4. The molecule has 1 heterocycles. The second-order valence-corrected chi connectivity index (χ2v) is 7.83. The normalized spacial score (nSPS) is 22.3. The topological polar surface area (TPSA) is 53.0 Å². The maximum absolute atomic E-state index is 12.2. The van der Waals surface area contributed by atoms with E-state index in [1.807, 2.05) is 20.8 Å². The Morgan fingerprint density at radius 1 is 1.14 bits per heavy atom. The largest absolute Gasteiger partial charge is 0.444 e. The highest BCUT2D eigenvalue weighted by Gasteiger charge is 2.35. The number of nitrogens with zero attached hydrogens (tertiary/aromatic N) is 2. The summed E-state index contributed by atoms with van der Waals surface area (Å²) in [7, 11) is 0. The van der Waals surface area contributed by atoms with Crippen LogP contribution in [0.25, 0.3) is 0 Å². The van der Waals surface area contributed by atoms with Gasteiger partial charge in [0.15, 0.2) is 0 Å². The molecule has 0 aromatic heterocycles. The van der Waals surface area contributed by atoms with Crippen molar-refractivity contribution < 1.29 is 14.6 Å². The minimum atomic E-state index is -0.543. The molecule has 1 N–H and O–H groups in total. The van der Waals surface area contributed by atoms with Gasteiger partial charge >= 0.3 is 6.09 Å². The van der Waals surface area contributed by atoms with E-state index < -0.39 is 11.7 Å². The van der Waals surface area contributed by atoms with E-state index in [1.165, 1.54) is 0 Å². The molecule has 1 saturated heterocycles. The lowest BCUT2D eigenvalue weighted by molar-refractivity contribution is 0.0180. The van der Waals surface area contributed by atoms with Crippen LogP contribution in [0, 0.1) is 5.92 Å². The van der Waals surface area contributed by atoms with Gasteiger partial charge in [-0.05, 0) is 40.5 Å². The van der Waals surface area contributed by atoms with Gasteiger partial charge in [0, 0.05) is 25.2 Å². The van der Waals surface area contributed by atoms with E-state index in [9.17, 15) is 9.90 Å². The molecule has 124 valence electrons. The molecular weight excluding hydrogens is 268 g/mol. The average Bonchev–Trinajstić information content (AvgIpc) is 2.48. The van der Waals surface area contributed by atoms with Crippen molar-refractivity contribution in [3.63, 3.8) is 0 Å². The first-order chi connectivity index (χ1) is 9.43. The highest BCUT2D eigenvalue weighted by atomic mass is 16.6. The van der Waals surface area contributed by atoms with Crippen LogP contribution in [0.3, 0.4) is 0 Å². The van der Waals surface area contributed by atoms with Crippen LogP contribution in [0.2, 0.25) is 0 Å². The maximum atomic E-state index is 12.2. The van der Waals surface area contributed by atoms with Crippen LogP contribution in [-0.2, 0) is 4.74 Å². The van der Waals surface area contributed by atoms with Crippen molar-refractivity contribution >= 4 is 6.09 Å². The van der Waals surface area contributed by atoms with E-state index in [4.69, 9.17) is 4.74 Å². The summed E-state index contributed by atoms with van der Waals surface area (Å²) in [6.45, 7) is 16.6. The number of aliphatic hydroxyl groups excluding tert-OH is 1. The average molecular weight is 300 g/mol. The minimum absolute atomic E-state index is 0.00901. The highest BCUT2D eigenvalue weighted by molar-refractivity contribution is 5.68. The number of carbonyl (C=O) groups excluding carboxylic acids is 1. The number of rotatable bonds is 2. The number of β-amino-alcohol motifs (C(OH)–C–C–N with tert-alkyl or cyclic N) is 1. The number of hydrogen-bond donors (Lipinski definition) is 1. The zero-order valence-electron chi connectivity index (χ0n) is 14.6. The van der Waals surface area contributed by atoms with Gasteiger partial charge in [0.05, 0.1) is 12.6 Å². The summed E-state index contributed by atoms with van der Waals surface area (Å²) in [4.78, 5) is 16.1. The Kier molecular flexibility index (Phi) is 5.67. The van der Waals surface area contributed by atoms with Gasteiger partial charge in [-0.3, -0.25) is 4.90 Å². The van der Waals surface area contributed by atoms with Gasteiger partial charge in [-0.1, -0.05) is 13.8 Å². The second kappa shape index (κ2) is 6.53. The number of carbonyl (C=O) groups is 1. The standard InChI is InChI=1S/C16H32N2O3/c1-12(2)16(6,7)18-9-8-17(10-13(19)11-18)14(20)21-15(3,4)5/h12-13,19H,8-11H2,1-7H3/t13-/m0/s1. The molecule has 0 aromatic carbocycles. The number of amides is 1. The van der Waals surface area contributed by atoms with Crippen molar-refractivity contribution in [2.75, 3.05) is 26.2 Å². The molecule has 0 radical (unpaired) electrons. The van der Waals surface area contributed by atoms with Crippen molar-refractivity contribution in [3.8, 4) is 0 Å². The second-order valence-electron chi connectivity index (χ2n) is 7.83. The molecule has 1 rings (SSSR count). The Labute approximate surface area is 129 Å². The van der Waals surface area contributed by atoms with Crippen molar-refractivity contribution in [2.45, 2.75) is 65.7 Å². The van der Waals surface area contributed by atoms with E-state index in [0.717, 1.165) is 6.54 Å². The summed E-state index contributed by atoms with van der Waals surface area (Å²) in [5.41, 5.74) is -0.518. The molecule has 0 aliphatic carbocycles. The van der Waals surface area contributed by atoms with Gasteiger partial charge < -0.3 is 14.7 Å². The third kappa shape index (κ3) is 5.15. The predicted octanol–water partition coefficient (Wildman–Crippen LogP) is 2.33. The predicted molar refractivity (Wildman–Crippen MR) is 84.3 cm³/mol. The summed E-state index contributed by atoms with van der Waals surface area (Å²) in [5, 5.41) is 10.2. The summed E-state index contributed by atoms with van der Waals surface area (Å²) >= 11 is 0. The first-order valence-corrected chi connectivity index (χ1v) is 7.84. The maximum Gasteiger partial charge on any atom is 0.410 e. The molecule has 21 heavy (non-hydrogen) atoms. The van der Waals surface area contributed by atoms with E-state index in [2.05, 4.69) is 32.6 Å². The number of aliphatic hydroxyl groups is 1. The van der Waals surface area contributed by atoms with E-state index >= 15 is 0 Å². The first-order valence-electron chi connectivity index (χ1n) is 7.84. The molecule has 0 aromatic rings. The van der Waals surface area contributed by atoms with Crippen molar-refractivity contribution in [1.82, 2.24) is 9.80 Å². The molecule has 0 spiro atoms. The fourth-order valence-corrected chi connectivity index (χ4v) is 2.37. The van der Waals surface area contributed by atoms with Crippen LogP contribution >= 0.6 is 0 Å². The summed E-state index contributed by atoms with van der Waals surface area (Å²) in [6, 6.07) is 0. The fourth-order valence-electron chi connectivity index (χ4n) is 2.37. The van der Waals surface area contributed by atoms with Crippen molar-refractivity contribution in [2.24, 2.45) is 5.92 Å². The number of ether oxygens (including phenoxy) is 1. The van der Waals surface area contributed by atoms with Crippen molar-refractivity contribution in [3.05, 3.63) is 0 Å². The molecule has 1 fully saturated rings. The SMILES string of the molecule is CC(C)C(C)(C)N1CCN(C(=O)OC(C)(C)C)C[C@H](O)C1. The first kappa shape index (κ1) is 18.2. The lowest BCUT2D eigenvalue weighted by atomic mass is 9.88. The van der Waals surface area contributed by atoms with E-state index in [-0.39, 0.29) is 11.6 Å². The molecule has 0 bridgehead atoms. The quantitative estimate of drug-likeness (QED) is 0.850.